The van der Waals surface area contributed by atoms with E-state index in [1.165, 1.54) is 24.1 Å². The number of nitrogens with one attached hydrogen (secondary N) is 1. The zero-order chi connectivity index (χ0) is 14.1. The van der Waals surface area contributed by atoms with Gasteiger partial charge in [-0.3, -0.25) is 0 Å². The summed E-state index contributed by atoms with van der Waals surface area (Å²) in [7, 11) is 0. The van der Waals surface area contributed by atoms with Gasteiger partial charge in [0.15, 0.2) is 0 Å². The molecule has 0 atom stereocenters. The van der Waals surface area contributed by atoms with E-state index in [2.05, 4.69) is 62.2 Å². The Morgan fingerprint density at radius 2 is 1.89 bits per heavy atom. The first-order valence-electron chi connectivity index (χ1n) is 7.66. The van der Waals surface area contributed by atoms with Crippen LogP contribution in [0.1, 0.15) is 39.2 Å². The number of hydrogen-bond acceptors (Lipinski definition) is 2. The van der Waals surface area contributed by atoms with Gasteiger partial charge < -0.3 is 10.2 Å². The Morgan fingerprint density at radius 1 is 1.16 bits per heavy atom. The summed E-state index contributed by atoms with van der Waals surface area (Å²) in [6, 6.07) is 8.68. The Bertz CT molecular complexity index is 347. The smallest absolute Gasteiger partial charge is 0.0395 e. The van der Waals surface area contributed by atoms with E-state index in [1.54, 1.807) is 0 Å². The molecular formula is C17H30N2. The Morgan fingerprint density at radius 3 is 2.53 bits per heavy atom. The quantitative estimate of drug-likeness (QED) is 0.680. The van der Waals surface area contributed by atoms with Crippen molar-refractivity contribution in [3.63, 3.8) is 0 Å². The Labute approximate surface area is 119 Å². The van der Waals surface area contributed by atoms with Gasteiger partial charge in [0.05, 0.1) is 0 Å². The summed E-state index contributed by atoms with van der Waals surface area (Å²) in [5, 5.41) is 3.51. The van der Waals surface area contributed by atoms with E-state index in [4.69, 9.17) is 0 Å². The fraction of sp³-hybridized carbons (Fsp3) is 0.647. The van der Waals surface area contributed by atoms with Crippen LogP contribution < -0.4 is 10.2 Å². The van der Waals surface area contributed by atoms with Gasteiger partial charge in [0.2, 0.25) is 0 Å². The van der Waals surface area contributed by atoms with Crippen LogP contribution in [0.5, 0.6) is 0 Å². The standard InChI is InChI=1S/C17H30N2/c1-5-19(17-11-7-6-10-16(17)4)13-9-8-12-18-14-15(2)3/h6-7,10-11,15,18H,5,8-9,12-14H2,1-4H3. The third kappa shape index (κ3) is 6.11. The highest BCUT2D eigenvalue weighted by atomic mass is 15.1. The molecule has 2 heteroatoms. The van der Waals surface area contributed by atoms with Gasteiger partial charge in [-0.1, -0.05) is 32.0 Å². The van der Waals surface area contributed by atoms with Crippen LogP contribution in [0, 0.1) is 12.8 Å². The number of aryl methyl sites for hydroxylation is 1. The summed E-state index contributed by atoms with van der Waals surface area (Å²) in [6.07, 6.45) is 2.52. The Balaban J connectivity index is 2.28. The molecule has 19 heavy (non-hydrogen) atoms. The zero-order valence-corrected chi connectivity index (χ0v) is 13.1. The molecule has 2 nitrogen and oxygen atoms in total. The Hall–Kier alpha value is -1.02. The summed E-state index contributed by atoms with van der Waals surface area (Å²) in [5.41, 5.74) is 2.77. The van der Waals surface area contributed by atoms with Crippen LogP contribution in [0.4, 0.5) is 5.69 Å². The van der Waals surface area contributed by atoms with Gasteiger partial charge in [-0.2, -0.15) is 0 Å². The highest BCUT2D eigenvalue weighted by Crippen LogP contribution is 2.19. The average Bonchev–Trinajstić information content (AvgIpc) is 2.39. The summed E-state index contributed by atoms with van der Waals surface area (Å²) in [6.45, 7) is 13.5. The van der Waals surface area contributed by atoms with Gasteiger partial charge in [-0.25, -0.2) is 0 Å². The molecule has 0 aliphatic heterocycles. The van der Waals surface area contributed by atoms with Gasteiger partial charge in [0.25, 0.3) is 0 Å². The lowest BCUT2D eigenvalue weighted by atomic mass is 10.1. The molecule has 0 spiro atoms. The van der Waals surface area contributed by atoms with Crippen molar-refractivity contribution in [3.8, 4) is 0 Å². The second kappa shape index (κ2) is 8.98. The van der Waals surface area contributed by atoms with Crippen LogP contribution in [0.15, 0.2) is 24.3 Å². The molecule has 0 saturated heterocycles. The highest BCUT2D eigenvalue weighted by molar-refractivity contribution is 5.52. The normalized spacial score (nSPS) is 11.0. The van der Waals surface area contributed by atoms with Gasteiger partial charge in [0.1, 0.15) is 0 Å². The summed E-state index contributed by atoms with van der Waals surface area (Å²) in [4.78, 5) is 2.48. The molecule has 0 fully saturated rings. The molecular weight excluding hydrogens is 232 g/mol. The van der Waals surface area contributed by atoms with Crippen LogP contribution in [0.25, 0.3) is 0 Å². The lowest BCUT2D eigenvalue weighted by Gasteiger charge is -2.25. The number of nitrogens with zero attached hydrogens (tertiary/aromatic N) is 1. The van der Waals surface area contributed by atoms with Crippen LogP contribution in [-0.4, -0.2) is 26.2 Å². The predicted octanol–water partition coefficient (Wildman–Crippen LogP) is 3.85. The van der Waals surface area contributed by atoms with E-state index in [0.29, 0.717) is 0 Å². The molecule has 0 amide bonds. The molecule has 0 aromatic heterocycles. The van der Waals surface area contributed by atoms with Crippen LogP contribution in [0.2, 0.25) is 0 Å². The van der Waals surface area contributed by atoms with E-state index in [-0.39, 0.29) is 0 Å². The minimum atomic E-state index is 0.749. The van der Waals surface area contributed by atoms with Gasteiger partial charge in [-0.15, -0.1) is 0 Å². The molecule has 1 N–H and O–H groups in total. The predicted molar refractivity (Wildman–Crippen MR) is 86.0 cm³/mol. The third-order valence-corrected chi connectivity index (χ3v) is 3.42. The van der Waals surface area contributed by atoms with Crippen molar-refractivity contribution in [2.24, 2.45) is 5.92 Å². The maximum absolute atomic E-state index is 3.51. The van der Waals surface area contributed by atoms with E-state index in [1.807, 2.05) is 0 Å². The third-order valence-electron chi connectivity index (χ3n) is 3.42. The molecule has 0 saturated carbocycles. The number of benzene rings is 1. The lowest BCUT2D eigenvalue weighted by molar-refractivity contribution is 0.534. The van der Waals surface area contributed by atoms with Gasteiger partial charge >= 0.3 is 0 Å². The average molecular weight is 262 g/mol. The first kappa shape index (κ1) is 16.0. The first-order chi connectivity index (χ1) is 9.15. The van der Waals surface area contributed by atoms with Crippen molar-refractivity contribution >= 4 is 5.69 Å². The first-order valence-corrected chi connectivity index (χ1v) is 7.66. The van der Waals surface area contributed by atoms with Gasteiger partial charge in [0, 0.05) is 18.8 Å². The topological polar surface area (TPSA) is 15.3 Å². The molecule has 0 aliphatic rings. The number of rotatable bonds is 9. The molecule has 0 radical (unpaired) electrons. The number of anilines is 1. The monoisotopic (exact) mass is 262 g/mol. The van der Waals surface area contributed by atoms with Crippen molar-refractivity contribution in [1.82, 2.24) is 5.32 Å². The largest absolute Gasteiger partial charge is 0.372 e. The fourth-order valence-electron chi connectivity index (χ4n) is 2.31. The van der Waals surface area contributed by atoms with Gasteiger partial charge in [-0.05, 0) is 57.3 Å². The second-order valence-electron chi connectivity index (χ2n) is 5.67. The Kier molecular flexibility index (Phi) is 7.57. The molecule has 0 bridgehead atoms. The van der Waals surface area contributed by atoms with E-state index in [9.17, 15) is 0 Å². The molecule has 1 aromatic carbocycles. The summed E-state index contributed by atoms with van der Waals surface area (Å²) < 4.78 is 0. The fourth-order valence-corrected chi connectivity index (χ4v) is 2.31. The number of hydrogen-bond donors (Lipinski definition) is 1. The van der Waals surface area contributed by atoms with Crippen molar-refractivity contribution in [1.29, 1.82) is 0 Å². The van der Waals surface area contributed by atoms with Crippen molar-refractivity contribution in [2.75, 3.05) is 31.1 Å². The number of para-hydroxylation sites is 1. The molecule has 0 heterocycles. The van der Waals surface area contributed by atoms with Crippen molar-refractivity contribution < 1.29 is 0 Å². The van der Waals surface area contributed by atoms with Crippen molar-refractivity contribution in [2.45, 2.75) is 40.5 Å². The highest BCUT2D eigenvalue weighted by Gasteiger charge is 2.05. The maximum Gasteiger partial charge on any atom is 0.0395 e. The van der Waals surface area contributed by atoms with Crippen LogP contribution in [0.3, 0.4) is 0 Å². The minimum absolute atomic E-state index is 0.749. The molecule has 108 valence electrons. The maximum atomic E-state index is 3.51. The summed E-state index contributed by atoms with van der Waals surface area (Å²) >= 11 is 0. The molecule has 0 aliphatic carbocycles. The van der Waals surface area contributed by atoms with Crippen LogP contribution >= 0.6 is 0 Å². The second-order valence-corrected chi connectivity index (χ2v) is 5.67. The van der Waals surface area contributed by atoms with E-state index >= 15 is 0 Å². The van der Waals surface area contributed by atoms with E-state index < -0.39 is 0 Å². The number of unbranched alkanes of at least 4 members (excludes halogenated alkanes) is 1. The molecule has 0 unspecified atom stereocenters. The van der Waals surface area contributed by atoms with Crippen LogP contribution in [-0.2, 0) is 0 Å². The van der Waals surface area contributed by atoms with E-state index in [0.717, 1.165) is 32.1 Å². The minimum Gasteiger partial charge on any atom is -0.372 e. The zero-order valence-electron chi connectivity index (χ0n) is 13.1. The molecule has 1 rings (SSSR count). The van der Waals surface area contributed by atoms with Crippen molar-refractivity contribution in [3.05, 3.63) is 29.8 Å². The SMILES string of the molecule is CCN(CCCCNCC(C)C)c1ccccc1C. The lowest BCUT2D eigenvalue weighted by Crippen LogP contribution is -2.26. The molecule has 1 aromatic rings. The summed E-state index contributed by atoms with van der Waals surface area (Å²) in [5.74, 6) is 0.749.